The number of nitrogens with one attached hydrogen (secondary N) is 2. The Morgan fingerprint density at radius 1 is 1.26 bits per heavy atom. The molecule has 0 bridgehead atoms. The zero-order valence-corrected chi connectivity index (χ0v) is 14.6. The van der Waals surface area contributed by atoms with Crippen molar-refractivity contribution in [2.45, 2.75) is 12.3 Å². The smallest absolute Gasteiger partial charge is 0.232 e. The number of rotatable bonds is 3. The van der Waals surface area contributed by atoms with Crippen LogP contribution in [0.3, 0.4) is 0 Å². The highest BCUT2D eigenvalue weighted by Gasteiger charge is 2.31. The van der Waals surface area contributed by atoms with Crippen LogP contribution in [-0.2, 0) is 14.3 Å². The van der Waals surface area contributed by atoms with Crippen molar-refractivity contribution in [3.8, 4) is 0 Å². The average Bonchev–Trinajstić information content (AvgIpc) is 2.68. The molecule has 1 saturated heterocycles. The van der Waals surface area contributed by atoms with Crippen molar-refractivity contribution in [2.75, 3.05) is 41.8 Å². The molecule has 8 heteroatoms. The van der Waals surface area contributed by atoms with E-state index in [4.69, 9.17) is 4.74 Å². The van der Waals surface area contributed by atoms with Gasteiger partial charge in [-0.2, -0.15) is 0 Å². The summed E-state index contributed by atoms with van der Waals surface area (Å²) in [5, 5.41) is 5.41. The van der Waals surface area contributed by atoms with Crippen molar-refractivity contribution in [1.82, 2.24) is 4.98 Å². The average molecular weight is 370 g/mol. The number of pyridine rings is 1. The van der Waals surface area contributed by atoms with Crippen molar-refractivity contribution in [2.24, 2.45) is 0 Å². The second-order valence-corrected chi connectivity index (χ2v) is 6.53. The summed E-state index contributed by atoms with van der Waals surface area (Å²) in [6.07, 6.45) is 1.61. The van der Waals surface area contributed by atoms with Crippen LogP contribution in [0, 0.1) is 5.82 Å². The zero-order chi connectivity index (χ0) is 18.8. The third-order valence-corrected chi connectivity index (χ3v) is 4.72. The first-order chi connectivity index (χ1) is 13.1. The first-order valence-corrected chi connectivity index (χ1v) is 8.79. The lowest BCUT2D eigenvalue weighted by molar-refractivity contribution is -0.123. The topological polar surface area (TPSA) is 83.6 Å². The van der Waals surface area contributed by atoms with E-state index in [1.165, 1.54) is 18.2 Å². The van der Waals surface area contributed by atoms with Crippen molar-refractivity contribution in [3.63, 3.8) is 0 Å². The molecule has 1 aromatic heterocycles. The van der Waals surface area contributed by atoms with Crippen molar-refractivity contribution >= 4 is 29.0 Å². The molecule has 3 heterocycles. The van der Waals surface area contributed by atoms with Gasteiger partial charge in [-0.05, 0) is 29.8 Å². The van der Waals surface area contributed by atoms with Crippen molar-refractivity contribution < 1.29 is 18.7 Å². The largest absolute Gasteiger partial charge is 0.378 e. The number of ether oxygens (including phenoxy) is 1. The Labute approximate surface area is 155 Å². The number of aromatic nitrogens is 1. The number of benzene rings is 1. The number of nitrogens with zero attached hydrogens (tertiary/aromatic N) is 2. The molecule has 140 valence electrons. The van der Waals surface area contributed by atoms with Gasteiger partial charge in [-0.25, -0.2) is 9.37 Å². The van der Waals surface area contributed by atoms with E-state index in [1.54, 1.807) is 12.3 Å². The van der Waals surface area contributed by atoms with Gasteiger partial charge in [0.2, 0.25) is 11.8 Å². The predicted molar refractivity (Wildman–Crippen MR) is 98.3 cm³/mol. The Morgan fingerprint density at radius 3 is 2.81 bits per heavy atom. The maximum Gasteiger partial charge on any atom is 0.232 e. The molecule has 2 aliphatic rings. The molecule has 0 aliphatic carbocycles. The van der Waals surface area contributed by atoms with Gasteiger partial charge in [-0.3, -0.25) is 9.59 Å². The molecule has 0 spiro atoms. The minimum absolute atomic E-state index is 0.0176. The Bertz CT molecular complexity index is 866. The highest BCUT2D eigenvalue weighted by Crippen LogP contribution is 2.33. The lowest BCUT2D eigenvalue weighted by Gasteiger charge is -2.28. The fourth-order valence-electron chi connectivity index (χ4n) is 3.34. The molecule has 4 rings (SSSR count). The van der Waals surface area contributed by atoms with Gasteiger partial charge in [0.05, 0.1) is 31.0 Å². The van der Waals surface area contributed by atoms with Gasteiger partial charge >= 0.3 is 0 Å². The summed E-state index contributed by atoms with van der Waals surface area (Å²) in [6, 6.07) is 7.68. The number of hydrogen-bond acceptors (Lipinski definition) is 5. The van der Waals surface area contributed by atoms with Crippen LogP contribution in [0.15, 0.2) is 36.5 Å². The van der Waals surface area contributed by atoms with E-state index in [-0.39, 0.29) is 18.2 Å². The number of carbonyl (C=O) groups is 2. The van der Waals surface area contributed by atoms with Crippen LogP contribution in [0.25, 0.3) is 0 Å². The Hall–Kier alpha value is -3.00. The maximum absolute atomic E-state index is 13.4. The fraction of sp³-hybridized carbons (Fsp3) is 0.316. The van der Waals surface area contributed by atoms with Gasteiger partial charge in [0.25, 0.3) is 0 Å². The SMILES string of the molecule is O=C1C[C@@H](C(=O)Nc2ccc(N3CCOCC3)nc2)c2ccc(F)cc2N1. The molecule has 7 nitrogen and oxygen atoms in total. The number of amides is 2. The van der Waals surface area contributed by atoms with Crippen LogP contribution in [0.1, 0.15) is 17.9 Å². The van der Waals surface area contributed by atoms with E-state index in [9.17, 15) is 14.0 Å². The lowest BCUT2D eigenvalue weighted by atomic mass is 9.89. The molecule has 2 aromatic rings. The summed E-state index contributed by atoms with van der Waals surface area (Å²) in [5.74, 6) is -0.937. The molecule has 2 aliphatic heterocycles. The van der Waals surface area contributed by atoms with E-state index in [1.807, 2.05) is 6.07 Å². The summed E-state index contributed by atoms with van der Waals surface area (Å²) < 4.78 is 18.7. The molecule has 1 atom stereocenters. The monoisotopic (exact) mass is 370 g/mol. The molecular weight excluding hydrogens is 351 g/mol. The fourth-order valence-corrected chi connectivity index (χ4v) is 3.34. The first kappa shape index (κ1) is 17.4. The minimum Gasteiger partial charge on any atom is -0.378 e. The molecule has 2 amide bonds. The third-order valence-electron chi connectivity index (χ3n) is 4.72. The third kappa shape index (κ3) is 3.75. The summed E-state index contributed by atoms with van der Waals surface area (Å²) >= 11 is 0. The molecule has 0 saturated carbocycles. The Balaban J connectivity index is 1.48. The predicted octanol–water partition coefficient (Wildman–Crippen LogP) is 2.12. The standard InChI is InChI=1S/C19H19FN4O3/c20-12-1-3-14-15(10-18(25)23-16(14)9-12)19(26)22-13-2-4-17(21-11-13)24-5-7-27-8-6-24/h1-4,9,11,15H,5-8,10H2,(H,22,26)(H,23,25)/t15-/m1/s1. The highest BCUT2D eigenvalue weighted by molar-refractivity contribution is 6.05. The van der Waals surface area contributed by atoms with Crippen LogP contribution in [-0.4, -0.2) is 43.1 Å². The van der Waals surface area contributed by atoms with E-state index in [0.29, 0.717) is 30.2 Å². The van der Waals surface area contributed by atoms with Crippen LogP contribution >= 0.6 is 0 Å². The van der Waals surface area contributed by atoms with Gasteiger partial charge in [-0.1, -0.05) is 6.07 Å². The summed E-state index contributed by atoms with van der Waals surface area (Å²) in [4.78, 5) is 31.1. The first-order valence-electron chi connectivity index (χ1n) is 8.79. The summed E-state index contributed by atoms with van der Waals surface area (Å²) in [5.41, 5.74) is 1.49. The van der Waals surface area contributed by atoms with Gasteiger partial charge in [0.15, 0.2) is 0 Å². The molecule has 2 N–H and O–H groups in total. The maximum atomic E-state index is 13.4. The van der Waals surface area contributed by atoms with Crippen molar-refractivity contribution in [3.05, 3.63) is 47.9 Å². The van der Waals surface area contributed by atoms with Crippen LogP contribution in [0.2, 0.25) is 0 Å². The van der Waals surface area contributed by atoms with Crippen LogP contribution in [0.4, 0.5) is 21.6 Å². The number of halogens is 1. The van der Waals surface area contributed by atoms with Crippen LogP contribution < -0.4 is 15.5 Å². The number of morpholine rings is 1. The quantitative estimate of drug-likeness (QED) is 0.865. The van der Waals surface area contributed by atoms with Crippen molar-refractivity contribution in [1.29, 1.82) is 0 Å². The number of hydrogen-bond donors (Lipinski definition) is 2. The second-order valence-electron chi connectivity index (χ2n) is 6.53. The molecule has 1 aromatic carbocycles. The van der Waals surface area contributed by atoms with Crippen LogP contribution in [0.5, 0.6) is 0 Å². The van der Waals surface area contributed by atoms with E-state index in [2.05, 4.69) is 20.5 Å². The Kier molecular flexibility index (Phi) is 4.72. The number of fused-ring (bicyclic) bond motifs is 1. The van der Waals surface area contributed by atoms with Gasteiger partial charge in [0, 0.05) is 25.2 Å². The molecule has 1 fully saturated rings. The van der Waals surface area contributed by atoms with Gasteiger partial charge < -0.3 is 20.3 Å². The highest BCUT2D eigenvalue weighted by atomic mass is 19.1. The number of anilines is 3. The second kappa shape index (κ2) is 7.32. The normalized spacial score (nSPS) is 19.2. The summed E-state index contributed by atoms with van der Waals surface area (Å²) in [6.45, 7) is 2.90. The van der Waals surface area contributed by atoms with E-state index < -0.39 is 11.7 Å². The zero-order valence-electron chi connectivity index (χ0n) is 14.6. The van der Waals surface area contributed by atoms with Gasteiger partial charge in [-0.15, -0.1) is 0 Å². The van der Waals surface area contributed by atoms with E-state index in [0.717, 1.165) is 18.9 Å². The van der Waals surface area contributed by atoms with E-state index >= 15 is 0 Å². The lowest BCUT2D eigenvalue weighted by Crippen LogP contribution is -2.36. The molecular formula is C19H19FN4O3. The molecule has 0 radical (unpaired) electrons. The minimum atomic E-state index is -0.673. The Morgan fingerprint density at radius 2 is 2.07 bits per heavy atom. The number of carbonyl (C=O) groups excluding carboxylic acids is 2. The molecule has 0 unspecified atom stereocenters. The van der Waals surface area contributed by atoms with Gasteiger partial charge in [0.1, 0.15) is 11.6 Å². The molecule has 27 heavy (non-hydrogen) atoms. The summed E-state index contributed by atoms with van der Waals surface area (Å²) in [7, 11) is 0.